The molecule has 0 saturated heterocycles. The van der Waals surface area contributed by atoms with Crippen molar-refractivity contribution < 1.29 is 19.4 Å². The molecule has 0 aliphatic heterocycles. The molecule has 4 saturated carbocycles. The molecule has 4 aliphatic rings. The Balaban J connectivity index is 1.11. The first-order valence-electron chi connectivity index (χ1n) is 12.0. The minimum absolute atomic E-state index is 0.0220. The number of hydrogen-bond donors (Lipinski definition) is 2. The highest BCUT2D eigenvalue weighted by Gasteiger charge is 2.51. The molecule has 0 aromatic heterocycles. The monoisotopic (exact) mass is 467 g/mol. The maximum Gasteiger partial charge on any atom is 0.337 e. The van der Waals surface area contributed by atoms with Gasteiger partial charge in [0, 0.05) is 11.4 Å². The van der Waals surface area contributed by atoms with Crippen LogP contribution in [0.5, 0.6) is 5.75 Å². The maximum atomic E-state index is 12.2. The Hall–Kier alpha value is -2.53. The van der Waals surface area contributed by atoms with E-state index in [1.165, 1.54) is 56.2 Å². The molecule has 0 heterocycles. The number of rotatable bonds is 8. The normalized spacial score (nSPS) is 27.4. The van der Waals surface area contributed by atoms with Crippen LogP contribution < -0.4 is 10.1 Å². The molecule has 174 valence electrons. The molecule has 2 N–H and O–H groups in total. The van der Waals surface area contributed by atoms with E-state index in [2.05, 4.69) is 29.6 Å². The lowest BCUT2D eigenvalue weighted by atomic mass is 9.48. The third kappa shape index (κ3) is 4.74. The number of benzene rings is 2. The minimum Gasteiger partial charge on any atom is -0.494 e. The van der Waals surface area contributed by atoms with Crippen LogP contribution in [0.25, 0.3) is 0 Å². The first-order valence-corrected chi connectivity index (χ1v) is 12.3. The molecule has 6 rings (SSSR count). The summed E-state index contributed by atoms with van der Waals surface area (Å²) in [7, 11) is 0. The summed E-state index contributed by atoms with van der Waals surface area (Å²) in [6, 6.07) is 13.0. The lowest BCUT2D eigenvalue weighted by Crippen LogP contribution is -2.48. The van der Waals surface area contributed by atoms with Gasteiger partial charge in [-0.25, -0.2) is 4.79 Å². The van der Waals surface area contributed by atoms with Gasteiger partial charge in [0.1, 0.15) is 5.75 Å². The molecule has 4 aliphatic carbocycles. The molecule has 0 atom stereocenters. The van der Waals surface area contributed by atoms with Crippen LogP contribution in [0.4, 0.5) is 5.69 Å². The minimum atomic E-state index is -1.13. The molecule has 0 radical (unpaired) electrons. The van der Waals surface area contributed by atoms with Crippen molar-refractivity contribution in [2.24, 2.45) is 17.8 Å². The molecule has 4 bridgehead atoms. The van der Waals surface area contributed by atoms with Crippen molar-refractivity contribution >= 4 is 29.2 Å². The van der Waals surface area contributed by atoms with E-state index in [0.29, 0.717) is 23.5 Å². The van der Waals surface area contributed by atoms with Gasteiger partial charge in [-0.2, -0.15) is 0 Å². The van der Waals surface area contributed by atoms with E-state index < -0.39 is 5.97 Å². The number of carbonyl (C=O) groups excluding carboxylic acids is 1. The summed E-state index contributed by atoms with van der Waals surface area (Å²) in [6.07, 6.45) is 9.19. The molecular weight excluding hydrogens is 438 g/mol. The molecule has 5 nitrogen and oxygen atoms in total. The fourth-order valence-electron chi connectivity index (χ4n) is 6.81. The van der Waals surface area contributed by atoms with E-state index >= 15 is 0 Å². The zero-order valence-electron chi connectivity index (χ0n) is 18.7. The third-order valence-corrected chi connectivity index (χ3v) is 8.04. The number of halogens is 1. The van der Waals surface area contributed by atoms with Crippen LogP contribution in [-0.4, -0.2) is 23.6 Å². The van der Waals surface area contributed by atoms with Crippen LogP contribution in [0.15, 0.2) is 42.5 Å². The summed E-state index contributed by atoms with van der Waals surface area (Å²) in [5.74, 6) is 2.23. The Morgan fingerprint density at radius 1 is 1.00 bits per heavy atom. The van der Waals surface area contributed by atoms with Crippen molar-refractivity contribution in [1.82, 2.24) is 0 Å². The molecular formula is C27H30ClNO4. The third-order valence-electron chi connectivity index (χ3n) is 7.81. The van der Waals surface area contributed by atoms with Crippen molar-refractivity contribution in [1.29, 1.82) is 0 Å². The van der Waals surface area contributed by atoms with Gasteiger partial charge in [-0.3, -0.25) is 4.79 Å². The number of ether oxygens (including phenoxy) is 1. The molecule has 33 heavy (non-hydrogen) atoms. The van der Waals surface area contributed by atoms with Crippen LogP contribution in [0.2, 0.25) is 5.02 Å². The number of carboxylic acids is 1. The van der Waals surface area contributed by atoms with Gasteiger partial charge in [0.05, 0.1) is 17.9 Å². The fraction of sp³-hybridized carbons (Fsp3) is 0.481. The van der Waals surface area contributed by atoms with E-state index in [-0.39, 0.29) is 23.6 Å². The Kier molecular flexibility index (Phi) is 6.09. The second-order valence-corrected chi connectivity index (χ2v) is 10.7. The number of amides is 1. The second kappa shape index (κ2) is 9.02. The van der Waals surface area contributed by atoms with Crippen LogP contribution in [-0.2, 0) is 10.2 Å². The summed E-state index contributed by atoms with van der Waals surface area (Å²) >= 11 is 5.85. The predicted octanol–water partition coefficient (Wildman–Crippen LogP) is 6.30. The van der Waals surface area contributed by atoms with E-state index in [0.717, 1.165) is 23.5 Å². The second-order valence-electron chi connectivity index (χ2n) is 10.2. The quantitative estimate of drug-likeness (QED) is 0.446. The molecule has 0 unspecified atom stereocenters. The van der Waals surface area contributed by atoms with Crippen LogP contribution in [0, 0.1) is 17.8 Å². The summed E-state index contributed by atoms with van der Waals surface area (Å²) in [6.45, 7) is 0.427. The number of anilines is 1. The summed E-state index contributed by atoms with van der Waals surface area (Å²) in [5, 5.41) is 12.2. The highest BCUT2D eigenvalue weighted by Crippen LogP contribution is 2.60. The fourth-order valence-corrected chi connectivity index (χ4v) is 6.98. The highest BCUT2D eigenvalue weighted by atomic mass is 35.5. The van der Waals surface area contributed by atoms with Crippen molar-refractivity contribution in [3.63, 3.8) is 0 Å². The Labute approximate surface area is 199 Å². The van der Waals surface area contributed by atoms with Gasteiger partial charge in [-0.1, -0.05) is 23.7 Å². The topological polar surface area (TPSA) is 75.6 Å². The largest absolute Gasteiger partial charge is 0.494 e. The smallest absolute Gasteiger partial charge is 0.337 e. The molecule has 0 spiro atoms. The predicted molar refractivity (Wildman–Crippen MR) is 128 cm³/mol. The molecule has 2 aromatic carbocycles. The number of hydrogen-bond acceptors (Lipinski definition) is 3. The lowest BCUT2D eigenvalue weighted by Gasteiger charge is -2.57. The van der Waals surface area contributed by atoms with Gasteiger partial charge in [0.2, 0.25) is 5.91 Å². The lowest BCUT2D eigenvalue weighted by molar-refractivity contribution is -0.116. The number of aromatic carboxylic acids is 1. The van der Waals surface area contributed by atoms with Crippen molar-refractivity contribution in [2.75, 3.05) is 11.9 Å². The molecule has 2 aromatic rings. The van der Waals surface area contributed by atoms with Crippen LogP contribution in [0.3, 0.4) is 0 Å². The van der Waals surface area contributed by atoms with Gasteiger partial charge in [-0.05, 0) is 104 Å². The first-order chi connectivity index (χ1) is 15.9. The first kappa shape index (κ1) is 22.3. The number of carbonyl (C=O) groups is 2. The Bertz CT molecular complexity index is 1010. The number of carboxylic acid groups (broad SMARTS) is 1. The van der Waals surface area contributed by atoms with Gasteiger partial charge in [-0.15, -0.1) is 0 Å². The molecule has 1 amide bonds. The Morgan fingerprint density at radius 3 is 2.24 bits per heavy atom. The van der Waals surface area contributed by atoms with E-state index in [1.807, 2.05) is 0 Å². The standard InChI is InChI=1S/C27H30ClNO4/c28-21-5-8-24(23(13-21)26(31)32)29-25(30)2-1-9-33-22-6-3-20(4-7-22)27-14-17-10-18(15-27)12-19(11-17)16-27/h3-8,13,17-19H,1-2,9-12,14-16H2,(H,29,30)(H,31,32). The van der Waals surface area contributed by atoms with Crippen molar-refractivity contribution in [2.45, 2.75) is 56.8 Å². The van der Waals surface area contributed by atoms with Gasteiger partial charge >= 0.3 is 5.97 Å². The van der Waals surface area contributed by atoms with Crippen molar-refractivity contribution in [3.05, 3.63) is 58.6 Å². The van der Waals surface area contributed by atoms with E-state index in [9.17, 15) is 14.7 Å². The average Bonchev–Trinajstić information content (AvgIpc) is 2.77. The molecule has 4 fully saturated rings. The summed E-state index contributed by atoms with van der Waals surface area (Å²) in [4.78, 5) is 23.6. The SMILES string of the molecule is O=C(CCCOc1ccc(C23CC4CC(CC(C4)C2)C3)cc1)Nc1ccc(Cl)cc1C(=O)O. The average molecular weight is 468 g/mol. The molecule has 6 heteroatoms. The zero-order chi connectivity index (χ0) is 23.0. The maximum absolute atomic E-state index is 12.2. The van der Waals surface area contributed by atoms with Gasteiger partial charge in [0.25, 0.3) is 0 Å². The summed E-state index contributed by atoms with van der Waals surface area (Å²) in [5.41, 5.74) is 2.09. The van der Waals surface area contributed by atoms with Gasteiger partial charge < -0.3 is 15.2 Å². The number of nitrogens with one attached hydrogen (secondary N) is 1. The van der Waals surface area contributed by atoms with E-state index in [4.69, 9.17) is 16.3 Å². The Morgan fingerprint density at radius 2 is 1.64 bits per heavy atom. The highest BCUT2D eigenvalue weighted by molar-refractivity contribution is 6.31. The van der Waals surface area contributed by atoms with Crippen LogP contribution in [0.1, 0.15) is 67.3 Å². The van der Waals surface area contributed by atoms with E-state index in [1.54, 1.807) is 6.07 Å². The summed E-state index contributed by atoms with van der Waals surface area (Å²) < 4.78 is 5.87. The van der Waals surface area contributed by atoms with Crippen LogP contribution >= 0.6 is 11.6 Å². The van der Waals surface area contributed by atoms with Crippen molar-refractivity contribution in [3.8, 4) is 5.75 Å². The van der Waals surface area contributed by atoms with Gasteiger partial charge in [0.15, 0.2) is 0 Å². The zero-order valence-corrected chi connectivity index (χ0v) is 19.4.